The van der Waals surface area contributed by atoms with Crippen LogP contribution in [-0.2, 0) is 14.6 Å². The van der Waals surface area contributed by atoms with Crippen LogP contribution in [0, 0.1) is 0 Å². The van der Waals surface area contributed by atoms with Crippen LogP contribution in [0.25, 0.3) is 0 Å². The normalized spacial score (nSPS) is 32.7. The topological polar surface area (TPSA) is 83.5 Å². The molecule has 76 valence electrons. The first-order chi connectivity index (χ1) is 5.94. The zero-order valence-corrected chi connectivity index (χ0v) is 8.17. The Morgan fingerprint density at radius 3 is 2.62 bits per heavy atom. The summed E-state index contributed by atoms with van der Waals surface area (Å²) in [5.74, 6) is -1.34. The summed E-state index contributed by atoms with van der Waals surface area (Å²) >= 11 is 0. The minimum absolute atomic E-state index is 0.0489. The van der Waals surface area contributed by atoms with E-state index in [1.165, 1.54) is 0 Å². The van der Waals surface area contributed by atoms with Crippen LogP contribution in [-0.4, -0.2) is 43.1 Å². The molecule has 2 N–H and O–H groups in total. The molecule has 1 heterocycles. The third kappa shape index (κ3) is 2.67. The van der Waals surface area contributed by atoms with Gasteiger partial charge in [-0.15, -0.1) is 0 Å². The van der Waals surface area contributed by atoms with Gasteiger partial charge in [0, 0.05) is 6.04 Å². The van der Waals surface area contributed by atoms with Crippen LogP contribution in [0.5, 0.6) is 0 Å². The van der Waals surface area contributed by atoms with Gasteiger partial charge in [0.15, 0.2) is 9.84 Å². The van der Waals surface area contributed by atoms with E-state index in [0.29, 0.717) is 6.42 Å². The van der Waals surface area contributed by atoms with E-state index in [0.717, 1.165) is 0 Å². The highest BCUT2D eigenvalue weighted by Gasteiger charge is 2.33. The number of sulfone groups is 1. The molecule has 0 bridgehead atoms. The van der Waals surface area contributed by atoms with Crippen LogP contribution in [0.15, 0.2) is 0 Å². The molecule has 2 unspecified atom stereocenters. The fourth-order valence-electron chi connectivity index (χ4n) is 1.39. The van der Waals surface area contributed by atoms with Crippen LogP contribution in [0.2, 0.25) is 0 Å². The summed E-state index contributed by atoms with van der Waals surface area (Å²) in [7, 11) is -3.18. The first kappa shape index (κ1) is 10.5. The number of carboxylic acids is 1. The summed E-state index contributed by atoms with van der Waals surface area (Å²) in [4.78, 5) is 10.6. The molecule has 6 heteroatoms. The smallest absolute Gasteiger partial charge is 0.321 e. The molecule has 0 aromatic rings. The van der Waals surface area contributed by atoms with Gasteiger partial charge in [0.25, 0.3) is 0 Å². The van der Waals surface area contributed by atoms with Crippen molar-refractivity contribution in [2.24, 2.45) is 0 Å². The van der Waals surface area contributed by atoms with Crippen LogP contribution in [0.3, 0.4) is 0 Å². The number of carboxylic acid groups (broad SMARTS) is 1. The summed E-state index contributed by atoms with van der Waals surface area (Å²) in [6.45, 7) is 1.83. The lowest BCUT2D eigenvalue weighted by molar-refractivity contribution is -0.139. The Bertz CT molecular complexity index is 298. The van der Waals surface area contributed by atoms with E-state index in [1.807, 2.05) is 6.92 Å². The Kier molecular flexibility index (Phi) is 2.92. The maximum atomic E-state index is 11.2. The van der Waals surface area contributed by atoms with E-state index in [4.69, 9.17) is 5.11 Å². The van der Waals surface area contributed by atoms with Gasteiger partial charge in [0.1, 0.15) is 6.04 Å². The molecule has 1 fully saturated rings. The average molecular weight is 207 g/mol. The predicted molar refractivity (Wildman–Crippen MR) is 47.3 cm³/mol. The van der Waals surface area contributed by atoms with E-state index in [-0.39, 0.29) is 17.5 Å². The second kappa shape index (κ2) is 3.63. The molecule has 2 atom stereocenters. The van der Waals surface area contributed by atoms with Gasteiger partial charge in [0.2, 0.25) is 0 Å². The third-order valence-electron chi connectivity index (χ3n) is 2.10. The molecular weight excluding hydrogens is 194 g/mol. The summed E-state index contributed by atoms with van der Waals surface area (Å²) in [6.07, 6.45) is 0.628. The molecule has 0 radical (unpaired) electrons. The molecule has 0 aromatic heterocycles. The van der Waals surface area contributed by atoms with Gasteiger partial charge in [0.05, 0.1) is 11.5 Å². The van der Waals surface area contributed by atoms with Gasteiger partial charge in [-0.2, -0.15) is 0 Å². The van der Waals surface area contributed by atoms with Crippen LogP contribution < -0.4 is 5.32 Å². The van der Waals surface area contributed by atoms with Crippen LogP contribution >= 0.6 is 0 Å². The number of carbonyl (C=O) groups is 1. The highest BCUT2D eigenvalue weighted by Crippen LogP contribution is 2.09. The Morgan fingerprint density at radius 1 is 1.54 bits per heavy atom. The Balaban J connectivity index is 2.77. The van der Waals surface area contributed by atoms with Crippen LogP contribution in [0.1, 0.15) is 13.3 Å². The van der Waals surface area contributed by atoms with Crippen LogP contribution in [0.4, 0.5) is 0 Å². The molecule has 0 spiro atoms. The van der Waals surface area contributed by atoms with Crippen molar-refractivity contribution in [3.05, 3.63) is 0 Å². The minimum atomic E-state index is -3.18. The fraction of sp³-hybridized carbons (Fsp3) is 0.857. The summed E-state index contributed by atoms with van der Waals surface area (Å²) in [5, 5.41) is 11.4. The summed E-state index contributed by atoms with van der Waals surface area (Å²) < 4.78 is 22.5. The van der Waals surface area contributed by atoms with Crippen molar-refractivity contribution < 1.29 is 18.3 Å². The highest BCUT2D eigenvalue weighted by atomic mass is 32.2. The van der Waals surface area contributed by atoms with Gasteiger partial charge < -0.3 is 5.11 Å². The lowest BCUT2D eigenvalue weighted by atomic mass is 10.2. The fourth-order valence-corrected chi connectivity index (χ4v) is 3.22. The number of nitrogens with one attached hydrogen (secondary N) is 1. The van der Waals surface area contributed by atoms with Crippen molar-refractivity contribution in [2.45, 2.75) is 25.4 Å². The monoisotopic (exact) mass is 207 g/mol. The van der Waals surface area contributed by atoms with Crippen molar-refractivity contribution in [3.8, 4) is 0 Å². The number of hydrogen-bond donors (Lipinski definition) is 2. The maximum absolute atomic E-state index is 11.2. The summed E-state index contributed by atoms with van der Waals surface area (Å²) in [6, 6.07) is -1.16. The molecular formula is C7H13NO4S. The zero-order valence-electron chi connectivity index (χ0n) is 7.36. The minimum Gasteiger partial charge on any atom is -0.480 e. The summed E-state index contributed by atoms with van der Waals surface area (Å²) in [5.41, 5.74) is 0. The SMILES string of the molecule is CCC1CS(=O)(=O)CC(C(=O)O)N1. The van der Waals surface area contributed by atoms with Gasteiger partial charge in [-0.1, -0.05) is 6.92 Å². The van der Waals surface area contributed by atoms with E-state index >= 15 is 0 Å². The van der Waals surface area contributed by atoms with Crippen molar-refractivity contribution in [2.75, 3.05) is 11.5 Å². The molecule has 0 aromatic carbocycles. The molecule has 1 saturated heterocycles. The Hall–Kier alpha value is -0.620. The van der Waals surface area contributed by atoms with Crippen molar-refractivity contribution >= 4 is 15.8 Å². The van der Waals surface area contributed by atoms with Gasteiger partial charge in [-0.25, -0.2) is 8.42 Å². The first-order valence-corrected chi connectivity index (χ1v) is 5.96. The van der Waals surface area contributed by atoms with E-state index in [2.05, 4.69) is 5.32 Å². The highest BCUT2D eigenvalue weighted by molar-refractivity contribution is 7.91. The van der Waals surface area contributed by atoms with E-state index < -0.39 is 21.8 Å². The molecule has 1 aliphatic heterocycles. The standard InChI is InChI=1S/C7H13NO4S/c1-2-5-3-13(11,12)4-6(8-5)7(9)10/h5-6,8H,2-4H2,1H3,(H,9,10). The van der Waals surface area contributed by atoms with Crippen molar-refractivity contribution in [1.82, 2.24) is 5.32 Å². The lowest BCUT2D eigenvalue weighted by Gasteiger charge is -2.27. The average Bonchev–Trinajstić information content (AvgIpc) is 2.01. The Morgan fingerprint density at radius 2 is 2.15 bits per heavy atom. The molecule has 0 amide bonds. The van der Waals surface area contributed by atoms with Gasteiger partial charge in [-0.3, -0.25) is 10.1 Å². The number of rotatable bonds is 2. The second-order valence-electron chi connectivity index (χ2n) is 3.24. The molecule has 1 aliphatic rings. The predicted octanol–water partition coefficient (Wildman–Crippen LogP) is -0.764. The molecule has 1 rings (SSSR count). The van der Waals surface area contributed by atoms with E-state index in [1.54, 1.807) is 0 Å². The molecule has 13 heavy (non-hydrogen) atoms. The quantitative estimate of drug-likeness (QED) is 0.621. The Labute approximate surface area is 77.1 Å². The zero-order chi connectivity index (χ0) is 10.1. The van der Waals surface area contributed by atoms with E-state index in [9.17, 15) is 13.2 Å². The maximum Gasteiger partial charge on any atom is 0.321 e. The molecule has 0 aliphatic carbocycles. The lowest BCUT2D eigenvalue weighted by Crippen LogP contribution is -2.54. The number of hydrogen-bond acceptors (Lipinski definition) is 4. The second-order valence-corrected chi connectivity index (χ2v) is 5.39. The number of aliphatic carboxylic acids is 1. The first-order valence-electron chi connectivity index (χ1n) is 4.14. The molecule has 5 nitrogen and oxygen atoms in total. The third-order valence-corrected chi connectivity index (χ3v) is 3.85. The molecule has 0 saturated carbocycles. The van der Waals surface area contributed by atoms with Crippen molar-refractivity contribution in [1.29, 1.82) is 0 Å². The van der Waals surface area contributed by atoms with Gasteiger partial charge in [-0.05, 0) is 6.42 Å². The van der Waals surface area contributed by atoms with Crippen molar-refractivity contribution in [3.63, 3.8) is 0 Å². The van der Waals surface area contributed by atoms with Gasteiger partial charge >= 0.3 is 5.97 Å². The largest absolute Gasteiger partial charge is 0.480 e.